The minimum atomic E-state index is -1.51. The zero-order valence-corrected chi connectivity index (χ0v) is 18.8. The molecule has 2 aliphatic rings. The lowest BCUT2D eigenvalue weighted by atomic mass is 9.76. The molecule has 6 nitrogen and oxygen atoms in total. The van der Waals surface area contributed by atoms with Gasteiger partial charge in [0.2, 0.25) is 5.95 Å². The van der Waals surface area contributed by atoms with Crippen LogP contribution in [0, 0.1) is 5.82 Å². The summed E-state index contributed by atoms with van der Waals surface area (Å²) < 4.78 is 13.7. The summed E-state index contributed by atoms with van der Waals surface area (Å²) in [6, 6.07) is 12.3. The first-order chi connectivity index (χ1) is 16.0. The Balaban J connectivity index is 1.54. The Kier molecular flexibility index (Phi) is 6.04. The van der Waals surface area contributed by atoms with Crippen molar-refractivity contribution >= 4 is 30.0 Å². The third-order valence-corrected chi connectivity index (χ3v) is 6.65. The van der Waals surface area contributed by atoms with Crippen LogP contribution in [-0.2, 0) is 25.8 Å². The van der Waals surface area contributed by atoms with E-state index in [1.54, 1.807) is 12.1 Å². The maximum atomic E-state index is 13.7. The van der Waals surface area contributed by atoms with Crippen molar-refractivity contribution in [2.24, 2.45) is 0 Å². The topological polar surface area (TPSA) is 81.5 Å². The molecule has 3 N–H and O–H groups in total. The largest absolute Gasteiger partial charge is 0.488 e. The molecule has 0 bridgehead atoms. The van der Waals surface area contributed by atoms with Crippen LogP contribution in [0.3, 0.4) is 0 Å². The van der Waals surface area contributed by atoms with E-state index in [1.165, 1.54) is 12.1 Å². The molecule has 1 atom stereocenters. The van der Waals surface area contributed by atoms with Crippen molar-refractivity contribution < 1.29 is 14.4 Å². The van der Waals surface area contributed by atoms with Gasteiger partial charge in [-0.1, -0.05) is 30.7 Å². The summed E-state index contributed by atoms with van der Waals surface area (Å²) in [6.45, 7) is 2.58. The minimum Gasteiger partial charge on any atom is -0.423 e. The second-order valence-electron chi connectivity index (χ2n) is 8.98. The molecule has 5 rings (SSSR count). The summed E-state index contributed by atoms with van der Waals surface area (Å²) in [5, 5.41) is 23.1. The highest BCUT2D eigenvalue weighted by molar-refractivity contribution is 6.59. The van der Waals surface area contributed by atoms with Gasteiger partial charge in [-0.05, 0) is 73.8 Å². The fourth-order valence-corrected chi connectivity index (χ4v) is 5.06. The van der Waals surface area contributed by atoms with Crippen LogP contribution >= 0.6 is 0 Å². The summed E-state index contributed by atoms with van der Waals surface area (Å²) in [7, 11) is -1.51. The van der Waals surface area contributed by atoms with Gasteiger partial charge in [0.05, 0.1) is 5.69 Å². The SMILES string of the molecule is CC1Cc2c(B(O)O)cccc2N1c1nc2c(c(NCc3cccc(F)c3)n1)CCCCC2. The van der Waals surface area contributed by atoms with Crippen molar-refractivity contribution in [3.63, 3.8) is 0 Å². The fourth-order valence-electron chi connectivity index (χ4n) is 5.06. The molecule has 8 heteroatoms. The molecular formula is C25H28BFN4O2. The number of anilines is 3. The Morgan fingerprint density at radius 3 is 2.70 bits per heavy atom. The maximum Gasteiger partial charge on any atom is 0.488 e. The predicted octanol–water partition coefficient (Wildman–Crippen LogP) is 3.26. The van der Waals surface area contributed by atoms with Crippen molar-refractivity contribution in [2.45, 2.75) is 58.0 Å². The first-order valence-corrected chi connectivity index (χ1v) is 11.7. The standard InChI is InChI=1S/C25H28BFN4O2/c1-16-13-20-21(26(32)33)10-6-12-23(20)31(16)25-29-22-11-4-2-3-9-19(22)24(30-25)28-15-17-7-5-8-18(27)14-17/h5-8,10,12,14,16,32-33H,2-4,9,11,13,15H2,1H3,(H,28,29,30). The lowest BCUT2D eigenvalue weighted by Crippen LogP contribution is -2.32. The van der Waals surface area contributed by atoms with Crippen molar-refractivity contribution in [1.82, 2.24) is 9.97 Å². The molecule has 3 aromatic rings. The van der Waals surface area contributed by atoms with E-state index in [9.17, 15) is 14.4 Å². The smallest absolute Gasteiger partial charge is 0.423 e. The molecule has 0 saturated carbocycles. The van der Waals surface area contributed by atoms with Crippen molar-refractivity contribution in [2.75, 3.05) is 10.2 Å². The Morgan fingerprint density at radius 1 is 1.06 bits per heavy atom. The Morgan fingerprint density at radius 2 is 1.88 bits per heavy atom. The van der Waals surface area contributed by atoms with Gasteiger partial charge in [-0.15, -0.1) is 0 Å². The summed E-state index contributed by atoms with van der Waals surface area (Å²) in [4.78, 5) is 12.1. The molecule has 2 aromatic carbocycles. The number of nitrogens with one attached hydrogen (secondary N) is 1. The molecule has 2 heterocycles. The summed E-state index contributed by atoms with van der Waals surface area (Å²) >= 11 is 0. The highest BCUT2D eigenvalue weighted by atomic mass is 19.1. The number of aromatic nitrogens is 2. The highest BCUT2D eigenvalue weighted by Crippen LogP contribution is 2.38. The third kappa shape index (κ3) is 4.33. The van der Waals surface area contributed by atoms with Crippen LogP contribution in [0.25, 0.3) is 0 Å². The summed E-state index contributed by atoms with van der Waals surface area (Å²) in [5.41, 5.74) is 5.45. The average Bonchev–Trinajstić information content (AvgIpc) is 2.96. The quantitative estimate of drug-likeness (QED) is 0.413. The van der Waals surface area contributed by atoms with Crippen LogP contribution in [0.1, 0.15) is 48.6 Å². The zero-order chi connectivity index (χ0) is 22.9. The van der Waals surface area contributed by atoms with Crippen molar-refractivity contribution in [3.8, 4) is 0 Å². The van der Waals surface area contributed by atoms with E-state index >= 15 is 0 Å². The first kappa shape index (κ1) is 21.9. The van der Waals surface area contributed by atoms with Gasteiger partial charge < -0.3 is 20.3 Å². The van der Waals surface area contributed by atoms with Gasteiger partial charge in [0, 0.05) is 23.8 Å². The Hall–Kier alpha value is -2.97. The summed E-state index contributed by atoms with van der Waals surface area (Å²) in [5.74, 6) is 1.18. The highest BCUT2D eigenvalue weighted by Gasteiger charge is 2.34. The molecule has 1 aromatic heterocycles. The van der Waals surface area contributed by atoms with Crippen molar-refractivity contribution in [1.29, 1.82) is 0 Å². The Labute approximate surface area is 193 Å². The van der Waals surface area contributed by atoms with Crippen LogP contribution < -0.4 is 15.7 Å². The molecule has 0 saturated heterocycles. The van der Waals surface area contributed by atoms with Gasteiger partial charge >= 0.3 is 7.12 Å². The van der Waals surface area contributed by atoms with Gasteiger partial charge in [-0.2, -0.15) is 4.98 Å². The van der Waals surface area contributed by atoms with E-state index < -0.39 is 7.12 Å². The van der Waals surface area contributed by atoms with Crippen LogP contribution in [0.2, 0.25) is 0 Å². The second kappa shape index (κ2) is 9.12. The molecule has 170 valence electrons. The number of rotatable bonds is 5. The van der Waals surface area contributed by atoms with E-state index in [0.29, 0.717) is 24.4 Å². The van der Waals surface area contributed by atoms with Crippen LogP contribution in [0.15, 0.2) is 42.5 Å². The predicted molar refractivity (Wildman–Crippen MR) is 129 cm³/mol. The molecule has 33 heavy (non-hydrogen) atoms. The monoisotopic (exact) mass is 446 g/mol. The number of benzene rings is 2. The molecular weight excluding hydrogens is 418 g/mol. The van der Waals surface area contributed by atoms with Gasteiger partial charge in [-0.25, -0.2) is 9.37 Å². The zero-order valence-electron chi connectivity index (χ0n) is 18.8. The fraction of sp³-hybridized carbons (Fsp3) is 0.360. The summed E-state index contributed by atoms with van der Waals surface area (Å²) in [6.07, 6.45) is 5.88. The lowest BCUT2D eigenvalue weighted by Gasteiger charge is -2.25. The normalized spacial score (nSPS) is 17.3. The third-order valence-electron chi connectivity index (χ3n) is 6.65. The lowest BCUT2D eigenvalue weighted by molar-refractivity contribution is 0.425. The number of fused-ring (bicyclic) bond motifs is 2. The van der Waals surface area contributed by atoms with E-state index in [0.717, 1.165) is 66.0 Å². The van der Waals surface area contributed by atoms with Gasteiger partial charge in [0.1, 0.15) is 11.6 Å². The molecule has 0 fully saturated rings. The molecule has 0 amide bonds. The first-order valence-electron chi connectivity index (χ1n) is 11.7. The van der Waals surface area contributed by atoms with Crippen molar-refractivity contribution in [3.05, 3.63) is 70.7 Å². The van der Waals surface area contributed by atoms with E-state index in [2.05, 4.69) is 17.1 Å². The molecule has 0 radical (unpaired) electrons. The molecule has 1 aliphatic carbocycles. The number of aryl methyl sites for hydroxylation is 1. The Bertz CT molecular complexity index is 1170. The van der Waals surface area contributed by atoms with Crippen LogP contribution in [-0.4, -0.2) is 33.2 Å². The average molecular weight is 446 g/mol. The van der Waals surface area contributed by atoms with E-state index in [-0.39, 0.29) is 11.9 Å². The van der Waals surface area contributed by atoms with Crippen LogP contribution in [0.4, 0.5) is 21.8 Å². The molecule has 1 unspecified atom stereocenters. The van der Waals surface area contributed by atoms with E-state index in [1.807, 2.05) is 18.2 Å². The number of nitrogens with zero attached hydrogens (tertiary/aromatic N) is 3. The van der Waals surface area contributed by atoms with Crippen LogP contribution in [0.5, 0.6) is 0 Å². The van der Waals surface area contributed by atoms with Gasteiger partial charge in [-0.3, -0.25) is 0 Å². The van der Waals surface area contributed by atoms with E-state index in [4.69, 9.17) is 9.97 Å². The van der Waals surface area contributed by atoms with Gasteiger partial charge in [0.25, 0.3) is 0 Å². The second-order valence-corrected chi connectivity index (χ2v) is 8.98. The number of hydrogen-bond donors (Lipinski definition) is 3. The number of hydrogen-bond acceptors (Lipinski definition) is 6. The molecule has 0 spiro atoms. The minimum absolute atomic E-state index is 0.0831. The number of halogens is 1. The molecule has 1 aliphatic heterocycles. The maximum absolute atomic E-state index is 13.7. The van der Waals surface area contributed by atoms with Gasteiger partial charge in [0.15, 0.2) is 0 Å².